The topological polar surface area (TPSA) is 54.2 Å². The summed E-state index contributed by atoms with van der Waals surface area (Å²) >= 11 is 1.75. The van der Waals surface area contributed by atoms with Crippen molar-refractivity contribution in [1.82, 2.24) is 20.4 Å². The zero-order chi connectivity index (χ0) is 15.9. The molecule has 0 saturated carbocycles. The monoisotopic (exact) mass is 447 g/mol. The molecule has 2 rings (SSSR count). The lowest BCUT2D eigenvalue weighted by Gasteiger charge is -2.12. The molecule has 0 aliphatic rings. The van der Waals surface area contributed by atoms with E-state index < -0.39 is 0 Å². The number of hydrogen-bond donors (Lipinski definition) is 2. The molecule has 0 aliphatic carbocycles. The van der Waals surface area contributed by atoms with Gasteiger partial charge in [-0.05, 0) is 24.3 Å². The molecule has 0 amide bonds. The van der Waals surface area contributed by atoms with Crippen molar-refractivity contribution in [1.29, 1.82) is 0 Å². The van der Waals surface area contributed by atoms with E-state index in [-0.39, 0.29) is 24.0 Å². The summed E-state index contributed by atoms with van der Waals surface area (Å²) in [6.07, 6.45) is 1.94. The Balaban J connectivity index is 0.00000264. The highest BCUT2D eigenvalue weighted by molar-refractivity contribution is 14.0. The third-order valence-electron chi connectivity index (χ3n) is 3.69. The van der Waals surface area contributed by atoms with Gasteiger partial charge in [-0.2, -0.15) is 5.10 Å². The predicted molar refractivity (Wildman–Crippen MR) is 109 cm³/mol. The molecule has 0 fully saturated rings. The Labute approximate surface area is 159 Å². The molecule has 0 aromatic carbocycles. The highest BCUT2D eigenvalue weighted by Gasteiger charge is 2.13. The lowest BCUT2D eigenvalue weighted by molar-refractivity contribution is 0.702. The van der Waals surface area contributed by atoms with E-state index in [4.69, 9.17) is 0 Å². The summed E-state index contributed by atoms with van der Waals surface area (Å²) in [4.78, 5) is 5.59. The SMILES string of the molecule is CCc1nn(C)c(CC)c1CNC(=NC)NCc1cccs1.I. The Morgan fingerprint density at radius 2 is 2.00 bits per heavy atom. The van der Waals surface area contributed by atoms with Crippen molar-refractivity contribution in [2.45, 2.75) is 39.8 Å². The van der Waals surface area contributed by atoms with Gasteiger partial charge in [0.15, 0.2) is 5.96 Å². The molecule has 0 atom stereocenters. The van der Waals surface area contributed by atoms with Crippen LogP contribution in [0.15, 0.2) is 22.5 Å². The molecule has 0 spiro atoms. The van der Waals surface area contributed by atoms with Crippen molar-refractivity contribution in [3.8, 4) is 0 Å². The Bertz CT molecular complexity index is 619. The number of nitrogens with one attached hydrogen (secondary N) is 2. The van der Waals surface area contributed by atoms with Crippen LogP contribution in [0.3, 0.4) is 0 Å². The minimum absolute atomic E-state index is 0. The maximum atomic E-state index is 4.61. The Hall–Kier alpha value is -1.09. The van der Waals surface area contributed by atoms with Gasteiger partial charge < -0.3 is 10.6 Å². The summed E-state index contributed by atoms with van der Waals surface area (Å²) in [6.45, 7) is 5.87. The van der Waals surface area contributed by atoms with Gasteiger partial charge in [0, 0.05) is 36.8 Å². The van der Waals surface area contributed by atoms with Crippen molar-refractivity contribution in [3.63, 3.8) is 0 Å². The first-order valence-electron chi connectivity index (χ1n) is 7.70. The normalized spacial score (nSPS) is 11.2. The first-order valence-corrected chi connectivity index (χ1v) is 8.58. The zero-order valence-corrected chi connectivity index (χ0v) is 17.4. The van der Waals surface area contributed by atoms with Gasteiger partial charge in [0.05, 0.1) is 12.2 Å². The van der Waals surface area contributed by atoms with Crippen LogP contribution in [0.1, 0.15) is 35.7 Å². The third kappa shape index (κ3) is 5.20. The van der Waals surface area contributed by atoms with Gasteiger partial charge in [-0.3, -0.25) is 9.67 Å². The molecule has 0 unspecified atom stereocenters. The molecule has 0 bridgehead atoms. The summed E-state index contributed by atoms with van der Waals surface area (Å²) in [7, 11) is 3.82. The van der Waals surface area contributed by atoms with Crippen LogP contribution in [0.5, 0.6) is 0 Å². The largest absolute Gasteiger partial charge is 0.352 e. The Morgan fingerprint density at radius 3 is 2.57 bits per heavy atom. The van der Waals surface area contributed by atoms with Crippen LogP contribution in [0.2, 0.25) is 0 Å². The summed E-state index contributed by atoms with van der Waals surface area (Å²) in [5.74, 6) is 0.821. The number of nitrogens with zero attached hydrogens (tertiary/aromatic N) is 3. The highest BCUT2D eigenvalue weighted by atomic mass is 127. The van der Waals surface area contributed by atoms with E-state index >= 15 is 0 Å². The molecule has 0 radical (unpaired) electrons. The summed E-state index contributed by atoms with van der Waals surface area (Å²) in [6, 6.07) is 4.19. The second kappa shape index (κ2) is 9.92. The molecule has 5 nitrogen and oxygen atoms in total. The van der Waals surface area contributed by atoms with Crippen LogP contribution < -0.4 is 10.6 Å². The first-order chi connectivity index (χ1) is 10.7. The summed E-state index contributed by atoms with van der Waals surface area (Å²) in [5.41, 5.74) is 3.75. The number of aryl methyl sites for hydroxylation is 2. The van der Waals surface area contributed by atoms with Gasteiger partial charge in [-0.1, -0.05) is 19.9 Å². The van der Waals surface area contributed by atoms with Gasteiger partial charge in [-0.25, -0.2) is 0 Å². The fraction of sp³-hybridized carbons (Fsp3) is 0.500. The second-order valence-electron chi connectivity index (χ2n) is 5.06. The van der Waals surface area contributed by atoms with Crippen LogP contribution in [-0.4, -0.2) is 22.8 Å². The van der Waals surface area contributed by atoms with E-state index in [0.29, 0.717) is 0 Å². The van der Waals surface area contributed by atoms with Gasteiger partial charge in [-0.15, -0.1) is 35.3 Å². The van der Waals surface area contributed by atoms with Gasteiger partial charge in [0.1, 0.15) is 0 Å². The molecule has 0 saturated heterocycles. The number of hydrogen-bond acceptors (Lipinski definition) is 3. The van der Waals surface area contributed by atoms with Crippen LogP contribution in [0.25, 0.3) is 0 Å². The van der Waals surface area contributed by atoms with Gasteiger partial charge in [0.2, 0.25) is 0 Å². The number of rotatable bonds is 6. The van der Waals surface area contributed by atoms with Crippen LogP contribution in [0.4, 0.5) is 0 Å². The Kier molecular flexibility index (Phi) is 8.60. The molecule has 2 heterocycles. The maximum Gasteiger partial charge on any atom is 0.191 e. The quantitative estimate of drug-likeness (QED) is 0.407. The van der Waals surface area contributed by atoms with E-state index in [1.54, 1.807) is 18.4 Å². The molecule has 2 aromatic rings. The second-order valence-corrected chi connectivity index (χ2v) is 6.09. The third-order valence-corrected chi connectivity index (χ3v) is 4.57. The number of thiophene rings is 1. The molecule has 7 heteroatoms. The van der Waals surface area contributed by atoms with Crippen molar-refractivity contribution >= 4 is 41.3 Å². The molecule has 128 valence electrons. The summed E-state index contributed by atoms with van der Waals surface area (Å²) < 4.78 is 2.00. The molecule has 23 heavy (non-hydrogen) atoms. The van der Waals surface area contributed by atoms with Crippen molar-refractivity contribution in [2.24, 2.45) is 12.0 Å². The average Bonchev–Trinajstić information content (AvgIpc) is 3.14. The average molecular weight is 447 g/mol. The van der Waals surface area contributed by atoms with Crippen molar-refractivity contribution in [2.75, 3.05) is 7.05 Å². The van der Waals surface area contributed by atoms with Gasteiger partial charge in [0.25, 0.3) is 0 Å². The number of aromatic nitrogens is 2. The van der Waals surface area contributed by atoms with E-state index in [9.17, 15) is 0 Å². The molecular formula is C16H26IN5S. The van der Waals surface area contributed by atoms with E-state index in [2.05, 4.69) is 52.1 Å². The lowest BCUT2D eigenvalue weighted by Crippen LogP contribution is -2.36. The van der Waals surface area contributed by atoms with Crippen LogP contribution >= 0.6 is 35.3 Å². The van der Waals surface area contributed by atoms with Crippen LogP contribution in [0, 0.1) is 0 Å². The number of halogens is 1. The van der Waals surface area contributed by atoms with Crippen molar-refractivity contribution in [3.05, 3.63) is 39.3 Å². The maximum absolute atomic E-state index is 4.61. The molecule has 2 N–H and O–H groups in total. The van der Waals surface area contributed by atoms with E-state index in [1.807, 2.05) is 11.7 Å². The smallest absolute Gasteiger partial charge is 0.191 e. The van der Waals surface area contributed by atoms with E-state index in [1.165, 1.54) is 21.8 Å². The number of aliphatic imine (C=N–C) groups is 1. The van der Waals surface area contributed by atoms with Crippen molar-refractivity contribution < 1.29 is 0 Å². The molecule has 0 aliphatic heterocycles. The Morgan fingerprint density at radius 1 is 1.26 bits per heavy atom. The minimum atomic E-state index is 0. The summed E-state index contributed by atoms with van der Waals surface area (Å²) in [5, 5.41) is 13.4. The number of guanidine groups is 1. The predicted octanol–water partition coefficient (Wildman–Crippen LogP) is 3.09. The fourth-order valence-electron chi connectivity index (χ4n) is 2.57. The molecule has 2 aromatic heterocycles. The zero-order valence-electron chi connectivity index (χ0n) is 14.2. The molecular weight excluding hydrogens is 421 g/mol. The lowest BCUT2D eigenvalue weighted by atomic mass is 10.1. The first kappa shape index (κ1) is 20.0. The van der Waals surface area contributed by atoms with E-state index in [0.717, 1.165) is 31.9 Å². The fourth-order valence-corrected chi connectivity index (χ4v) is 3.22. The van der Waals surface area contributed by atoms with Gasteiger partial charge >= 0.3 is 0 Å². The standard InChI is InChI=1S/C16H25N5S.HI/c1-5-14-13(15(6-2)21(4)20-14)11-19-16(17-3)18-10-12-8-7-9-22-12;/h7-9H,5-6,10-11H2,1-4H3,(H2,17,18,19);1H. The highest BCUT2D eigenvalue weighted by Crippen LogP contribution is 2.15. The van der Waals surface area contributed by atoms with Crippen LogP contribution in [-0.2, 0) is 33.0 Å². The minimum Gasteiger partial charge on any atom is -0.352 e.